The van der Waals surface area contributed by atoms with Gasteiger partial charge in [-0.05, 0) is 42.4 Å². The Morgan fingerprint density at radius 3 is 3.05 bits per heavy atom. The fraction of sp³-hybridized carbons (Fsp3) is 0.588. The van der Waals surface area contributed by atoms with Crippen molar-refractivity contribution in [1.29, 1.82) is 0 Å². The Morgan fingerprint density at radius 1 is 1.32 bits per heavy atom. The second kappa shape index (κ2) is 6.50. The summed E-state index contributed by atoms with van der Waals surface area (Å²) in [6.45, 7) is 4.34. The van der Waals surface area contributed by atoms with Gasteiger partial charge in [-0.1, -0.05) is 0 Å². The van der Waals surface area contributed by atoms with Gasteiger partial charge in [-0.25, -0.2) is 4.98 Å². The second-order valence-electron chi connectivity index (χ2n) is 6.38. The van der Waals surface area contributed by atoms with Crippen molar-refractivity contribution in [3.05, 3.63) is 30.4 Å². The summed E-state index contributed by atoms with van der Waals surface area (Å²) < 4.78 is 2.28. The molecule has 2 aliphatic rings. The van der Waals surface area contributed by atoms with Crippen LogP contribution in [0, 0.1) is 5.92 Å². The van der Waals surface area contributed by atoms with Gasteiger partial charge in [0.05, 0.1) is 11.7 Å². The number of aromatic nitrogens is 2. The van der Waals surface area contributed by atoms with Gasteiger partial charge < -0.3 is 14.6 Å². The molecule has 2 saturated heterocycles. The Balaban J connectivity index is 1.54. The molecule has 4 rings (SSSR count). The van der Waals surface area contributed by atoms with E-state index in [9.17, 15) is 0 Å². The van der Waals surface area contributed by atoms with Gasteiger partial charge in [0.2, 0.25) is 0 Å². The van der Waals surface area contributed by atoms with Gasteiger partial charge in [-0.3, -0.25) is 0 Å². The number of pyridine rings is 1. The molecule has 118 valence electrons. The number of anilines is 1. The van der Waals surface area contributed by atoms with E-state index in [0.717, 1.165) is 38.5 Å². The molecule has 2 aliphatic heterocycles. The highest BCUT2D eigenvalue weighted by Gasteiger charge is 2.17. The van der Waals surface area contributed by atoms with Crippen LogP contribution >= 0.6 is 11.8 Å². The van der Waals surface area contributed by atoms with Crippen molar-refractivity contribution in [3.63, 3.8) is 0 Å². The Morgan fingerprint density at radius 2 is 2.23 bits per heavy atom. The topological polar surface area (TPSA) is 32.6 Å². The molecule has 22 heavy (non-hydrogen) atoms. The molecular formula is C17H24N4S. The van der Waals surface area contributed by atoms with Crippen LogP contribution in [0.2, 0.25) is 0 Å². The van der Waals surface area contributed by atoms with Crippen molar-refractivity contribution < 1.29 is 0 Å². The molecule has 0 bridgehead atoms. The van der Waals surface area contributed by atoms with E-state index in [2.05, 4.69) is 44.7 Å². The third-order valence-electron chi connectivity index (χ3n) is 4.80. The van der Waals surface area contributed by atoms with Gasteiger partial charge in [-0.15, -0.1) is 0 Å². The Hall–Kier alpha value is -1.20. The fourth-order valence-electron chi connectivity index (χ4n) is 3.54. The number of imidazole rings is 1. The monoisotopic (exact) mass is 316 g/mol. The summed E-state index contributed by atoms with van der Waals surface area (Å²) in [5.74, 6) is 4.67. The molecule has 2 aromatic heterocycles. The van der Waals surface area contributed by atoms with Gasteiger partial charge in [-0.2, -0.15) is 11.8 Å². The van der Waals surface area contributed by atoms with Gasteiger partial charge in [0.15, 0.2) is 0 Å². The maximum Gasteiger partial charge on any atom is 0.113 e. The number of nitrogens with zero attached hydrogens (tertiary/aromatic N) is 3. The standard InChI is InChI=1S/C17H24N4S/c1-2-14(13-22-9-1)10-17-19-12-16-11-15(3-6-21(16)17)20-7-4-18-5-8-20/h3,6,11-12,14,18H,1-2,4-5,7-10,13H2. The Kier molecular flexibility index (Phi) is 4.26. The van der Waals surface area contributed by atoms with Gasteiger partial charge >= 0.3 is 0 Å². The summed E-state index contributed by atoms with van der Waals surface area (Å²) in [7, 11) is 0. The van der Waals surface area contributed by atoms with Gasteiger partial charge in [0, 0.05) is 44.5 Å². The molecule has 1 unspecified atom stereocenters. The smallest absolute Gasteiger partial charge is 0.113 e. The summed E-state index contributed by atoms with van der Waals surface area (Å²) in [5.41, 5.74) is 2.56. The van der Waals surface area contributed by atoms with Crippen molar-refractivity contribution in [3.8, 4) is 0 Å². The highest BCUT2D eigenvalue weighted by atomic mass is 32.2. The van der Waals surface area contributed by atoms with E-state index in [1.165, 1.54) is 41.4 Å². The predicted molar refractivity (Wildman–Crippen MR) is 94.0 cm³/mol. The lowest BCUT2D eigenvalue weighted by atomic mass is 10.0. The van der Waals surface area contributed by atoms with E-state index in [0.29, 0.717) is 0 Å². The van der Waals surface area contributed by atoms with Crippen molar-refractivity contribution in [2.24, 2.45) is 5.92 Å². The molecule has 2 fully saturated rings. The first kappa shape index (κ1) is 14.4. The van der Waals surface area contributed by atoms with Crippen LogP contribution in [0.4, 0.5) is 5.69 Å². The maximum absolute atomic E-state index is 4.70. The molecule has 0 amide bonds. The summed E-state index contributed by atoms with van der Waals surface area (Å²) in [5, 5.41) is 3.41. The first-order valence-corrected chi connectivity index (χ1v) is 9.55. The van der Waals surface area contributed by atoms with Crippen LogP contribution in [0.15, 0.2) is 24.5 Å². The number of hydrogen-bond donors (Lipinski definition) is 1. The molecular weight excluding hydrogens is 292 g/mol. The van der Waals surface area contributed by atoms with Crippen molar-refractivity contribution >= 4 is 23.0 Å². The molecule has 0 spiro atoms. The van der Waals surface area contributed by atoms with Crippen LogP contribution in [-0.4, -0.2) is 47.1 Å². The molecule has 0 radical (unpaired) electrons. The molecule has 4 heterocycles. The third-order valence-corrected chi connectivity index (χ3v) is 6.08. The zero-order chi connectivity index (χ0) is 14.8. The number of fused-ring (bicyclic) bond motifs is 1. The Bertz CT molecular complexity index is 627. The number of thioether (sulfide) groups is 1. The van der Waals surface area contributed by atoms with Crippen LogP contribution in [0.5, 0.6) is 0 Å². The first-order chi connectivity index (χ1) is 10.9. The maximum atomic E-state index is 4.70. The fourth-order valence-corrected chi connectivity index (χ4v) is 4.70. The summed E-state index contributed by atoms with van der Waals surface area (Å²) >= 11 is 2.10. The zero-order valence-corrected chi connectivity index (χ0v) is 13.8. The first-order valence-electron chi connectivity index (χ1n) is 8.39. The van der Waals surface area contributed by atoms with E-state index in [4.69, 9.17) is 4.98 Å². The molecule has 0 aliphatic carbocycles. The quantitative estimate of drug-likeness (QED) is 0.943. The lowest BCUT2D eigenvalue weighted by Crippen LogP contribution is -2.43. The van der Waals surface area contributed by atoms with Crippen LogP contribution in [0.3, 0.4) is 0 Å². The Labute approximate surface area is 136 Å². The molecule has 1 N–H and O–H groups in total. The summed E-state index contributed by atoms with van der Waals surface area (Å²) in [4.78, 5) is 7.16. The van der Waals surface area contributed by atoms with Crippen LogP contribution in [0.25, 0.3) is 5.52 Å². The zero-order valence-electron chi connectivity index (χ0n) is 13.0. The van der Waals surface area contributed by atoms with Crippen LogP contribution in [-0.2, 0) is 6.42 Å². The molecule has 0 aromatic carbocycles. The van der Waals surface area contributed by atoms with E-state index in [1.807, 2.05) is 6.20 Å². The lowest BCUT2D eigenvalue weighted by Gasteiger charge is -2.29. The van der Waals surface area contributed by atoms with E-state index in [1.54, 1.807) is 0 Å². The minimum atomic E-state index is 0.803. The van der Waals surface area contributed by atoms with Gasteiger partial charge in [0.1, 0.15) is 5.82 Å². The average molecular weight is 316 g/mol. The number of rotatable bonds is 3. The number of hydrogen-bond acceptors (Lipinski definition) is 4. The number of nitrogens with one attached hydrogen (secondary N) is 1. The normalized spacial score (nSPS) is 23.1. The molecule has 2 aromatic rings. The van der Waals surface area contributed by atoms with Crippen molar-refractivity contribution in [2.45, 2.75) is 19.3 Å². The van der Waals surface area contributed by atoms with Gasteiger partial charge in [0.25, 0.3) is 0 Å². The van der Waals surface area contributed by atoms with E-state index in [-0.39, 0.29) is 0 Å². The second-order valence-corrected chi connectivity index (χ2v) is 7.53. The SMILES string of the molecule is c1cn2c(CC3CCCSC3)ncc2cc1N1CCNCC1. The molecule has 1 atom stereocenters. The lowest BCUT2D eigenvalue weighted by molar-refractivity contribution is 0.507. The highest BCUT2D eigenvalue weighted by Crippen LogP contribution is 2.26. The summed E-state index contributed by atoms with van der Waals surface area (Å²) in [6, 6.07) is 4.54. The molecule has 0 saturated carbocycles. The van der Waals surface area contributed by atoms with Crippen molar-refractivity contribution in [1.82, 2.24) is 14.7 Å². The largest absolute Gasteiger partial charge is 0.369 e. The van der Waals surface area contributed by atoms with E-state index < -0.39 is 0 Å². The van der Waals surface area contributed by atoms with Crippen LogP contribution < -0.4 is 10.2 Å². The average Bonchev–Trinajstić information content (AvgIpc) is 2.99. The van der Waals surface area contributed by atoms with Crippen LogP contribution in [0.1, 0.15) is 18.7 Å². The molecule has 4 nitrogen and oxygen atoms in total. The van der Waals surface area contributed by atoms with E-state index >= 15 is 0 Å². The third kappa shape index (κ3) is 2.97. The van der Waals surface area contributed by atoms with Crippen molar-refractivity contribution in [2.75, 3.05) is 42.6 Å². The minimum Gasteiger partial charge on any atom is -0.369 e. The highest BCUT2D eigenvalue weighted by molar-refractivity contribution is 7.99. The predicted octanol–water partition coefficient (Wildman–Crippen LogP) is 2.43. The minimum absolute atomic E-state index is 0.803. The number of piperazine rings is 1. The molecule has 5 heteroatoms. The summed E-state index contributed by atoms with van der Waals surface area (Å²) in [6.07, 6.45) is 8.10.